The number of halogens is 3. The van der Waals surface area contributed by atoms with E-state index in [1.807, 2.05) is 4.90 Å². The summed E-state index contributed by atoms with van der Waals surface area (Å²) >= 11 is 6.34. The molecule has 2 aromatic rings. The van der Waals surface area contributed by atoms with Gasteiger partial charge in [-0.25, -0.2) is 17.8 Å². The Hall–Kier alpha value is -1.97. The van der Waals surface area contributed by atoms with Gasteiger partial charge in [0.05, 0.1) is 5.69 Å². The molecular formula is C21H25ClF2N4O2S. The molecule has 4 rings (SSSR count). The van der Waals surface area contributed by atoms with Gasteiger partial charge in [0.2, 0.25) is 5.95 Å². The molecule has 10 heteroatoms. The van der Waals surface area contributed by atoms with Crippen molar-refractivity contribution in [2.75, 3.05) is 36.8 Å². The first-order valence-corrected chi connectivity index (χ1v) is 12.0. The van der Waals surface area contributed by atoms with Gasteiger partial charge in [0.1, 0.15) is 15.7 Å². The molecular weight excluding hydrogens is 446 g/mol. The van der Waals surface area contributed by atoms with Gasteiger partial charge in [-0.15, -0.1) is 0 Å². The first-order chi connectivity index (χ1) is 14.5. The van der Waals surface area contributed by atoms with Gasteiger partial charge in [-0.05, 0) is 64.0 Å². The van der Waals surface area contributed by atoms with Crippen molar-refractivity contribution in [3.8, 4) is 0 Å². The second-order valence-corrected chi connectivity index (χ2v) is 10.7. The molecule has 1 N–H and O–H groups in total. The first kappa shape index (κ1) is 22.2. The molecule has 1 aliphatic heterocycles. The third-order valence-electron chi connectivity index (χ3n) is 6.52. The Labute approximate surface area is 186 Å². The minimum Gasteiger partial charge on any atom is -0.370 e. The second kappa shape index (κ2) is 7.86. The number of hydrogen-bond donors (Lipinski definition) is 1. The van der Waals surface area contributed by atoms with E-state index in [2.05, 4.69) is 28.7 Å². The minimum atomic E-state index is -4.35. The fraction of sp³-hybridized carbons (Fsp3) is 0.476. The lowest BCUT2D eigenvalue weighted by Crippen LogP contribution is -2.54. The first-order valence-electron chi connectivity index (χ1n) is 10.1. The predicted molar refractivity (Wildman–Crippen MR) is 117 cm³/mol. The van der Waals surface area contributed by atoms with E-state index in [0.717, 1.165) is 38.4 Å². The molecule has 1 aromatic heterocycles. The van der Waals surface area contributed by atoms with Crippen molar-refractivity contribution in [2.24, 2.45) is 5.41 Å². The Balaban J connectivity index is 1.64. The van der Waals surface area contributed by atoms with Crippen LogP contribution >= 0.6 is 11.6 Å². The molecule has 1 spiro atoms. The zero-order valence-electron chi connectivity index (χ0n) is 17.6. The van der Waals surface area contributed by atoms with Crippen molar-refractivity contribution < 1.29 is 17.2 Å². The van der Waals surface area contributed by atoms with Crippen molar-refractivity contribution in [2.45, 2.75) is 37.1 Å². The van der Waals surface area contributed by atoms with E-state index in [9.17, 15) is 12.8 Å². The van der Waals surface area contributed by atoms with Crippen LogP contribution in [-0.2, 0) is 10.0 Å². The second-order valence-electron chi connectivity index (χ2n) is 8.67. The van der Waals surface area contributed by atoms with E-state index in [1.165, 1.54) is 19.1 Å². The zero-order chi connectivity index (χ0) is 22.6. The molecule has 1 saturated carbocycles. The van der Waals surface area contributed by atoms with Crippen LogP contribution in [0.3, 0.4) is 0 Å². The van der Waals surface area contributed by atoms with Gasteiger partial charge >= 0.3 is 0 Å². The van der Waals surface area contributed by atoms with E-state index in [1.54, 1.807) is 6.07 Å². The molecule has 0 radical (unpaired) electrons. The van der Waals surface area contributed by atoms with Crippen LogP contribution in [0.5, 0.6) is 0 Å². The Morgan fingerprint density at radius 1 is 1.29 bits per heavy atom. The Kier molecular flexibility index (Phi) is 5.64. The number of rotatable bonds is 5. The van der Waals surface area contributed by atoms with Crippen LogP contribution in [0.25, 0.3) is 0 Å². The highest BCUT2D eigenvalue weighted by Crippen LogP contribution is 2.52. The number of aromatic nitrogens is 1. The van der Waals surface area contributed by atoms with Crippen molar-refractivity contribution in [1.82, 2.24) is 9.88 Å². The number of nitrogens with one attached hydrogen (secondary N) is 1. The van der Waals surface area contributed by atoms with E-state index in [-0.39, 0.29) is 21.8 Å². The third kappa shape index (κ3) is 3.87. The van der Waals surface area contributed by atoms with Crippen LogP contribution in [0.4, 0.5) is 20.3 Å². The van der Waals surface area contributed by atoms with E-state index >= 15 is 4.39 Å². The number of anilines is 2. The summed E-state index contributed by atoms with van der Waals surface area (Å²) in [6.45, 7) is 3.01. The molecule has 0 amide bonds. The van der Waals surface area contributed by atoms with Gasteiger partial charge < -0.3 is 9.80 Å². The number of benzene rings is 1. The number of hydrogen-bond acceptors (Lipinski definition) is 5. The van der Waals surface area contributed by atoms with Crippen LogP contribution in [0.15, 0.2) is 29.2 Å². The fourth-order valence-corrected chi connectivity index (χ4v) is 6.63. The van der Waals surface area contributed by atoms with Gasteiger partial charge in [-0.3, -0.25) is 4.72 Å². The number of sulfonamides is 1. The van der Waals surface area contributed by atoms with Gasteiger partial charge in [0.15, 0.2) is 5.82 Å². The topological polar surface area (TPSA) is 65.5 Å². The minimum absolute atomic E-state index is 0.159. The maximum Gasteiger partial charge on any atom is 0.266 e. The highest BCUT2D eigenvalue weighted by Gasteiger charge is 2.52. The Bertz CT molecular complexity index is 1130. The lowest BCUT2D eigenvalue weighted by Gasteiger charge is -2.50. The summed E-state index contributed by atoms with van der Waals surface area (Å²) in [5.74, 6) is -2.10. The standard InChI is InChI=1S/C21H25ClF2N4O2S/c1-13-11-14(28-10-9-21(12-28)8-7-15(21)27(2)3)18(22)19(24)20(13)31(29,30)26-17-6-4-5-16(23)25-17/h4-6,11,15H,7-10,12H2,1-3H3,(H,25,26)/t15-,21+/m1/s1. The molecule has 2 fully saturated rings. The maximum atomic E-state index is 15.3. The molecule has 1 saturated heterocycles. The molecule has 168 valence electrons. The average Bonchev–Trinajstić information content (AvgIpc) is 3.10. The van der Waals surface area contributed by atoms with Crippen molar-refractivity contribution in [3.05, 3.63) is 46.6 Å². The van der Waals surface area contributed by atoms with Crippen LogP contribution in [0.2, 0.25) is 5.02 Å². The molecule has 1 aliphatic carbocycles. The molecule has 6 nitrogen and oxygen atoms in total. The average molecular weight is 471 g/mol. The monoisotopic (exact) mass is 470 g/mol. The SMILES string of the molecule is Cc1cc(N2CC[C@@]3(CC[C@H]3N(C)C)C2)c(Cl)c(F)c1S(=O)(=O)Nc1cccc(F)n1. The van der Waals surface area contributed by atoms with Crippen molar-refractivity contribution >= 4 is 33.1 Å². The lowest BCUT2D eigenvalue weighted by molar-refractivity contribution is 0.0177. The van der Waals surface area contributed by atoms with E-state index < -0.39 is 26.7 Å². The summed E-state index contributed by atoms with van der Waals surface area (Å²) in [5, 5.41) is -0.226. The maximum absolute atomic E-state index is 15.3. The summed E-state index contributed by atoms with van der Waals surface area (Å²) in [5.41, 5.74) is 0.882. The number of nitrogens with zero attached hydrogens (tertiary/aromatic N) is 3. The summed E-state index contributed by atoms with van der Waals surface area (Å²) < 4.78 is 56.4. The summed E-state index contributed by atoms with van der Waals surface area (Å²) in [6.07, 6.45) is 3.24. The number of aryl methyl sites for hydroxylation is 1. The van der Waals surface area contributed by atoms with E-state index in [0.29, 0.717) is 11.7 Å². The largest absolute Gasteiger partial charge is 0.370 e. The molecule has 0 bridgehead atoms. The van der Waals surface area contributed by atoms with Crippen molar-refractivity contribution in [3.63, 3.8) is 0 Å². The summed E-state index contributed by atoms with van der Waals surface area (Å²) in [6, 6.07) is 5.77. The fourth-order valence-electron chi connectivity index (χ4n) is 5.00. The summed E-state index contributed by atoms with van der Waals surface area (Å²) in [7, 11) is -0.205. The van der Waals surface area contributed by atoms with E-state index in [4.69, 9.17) is 11.6 Å². The molecule has 1 aromatic carbocycles. The summed E-state index contributed by atoms with van der Waals surface area (Å²) in [4.78, 5) is 7.20. The Morgan fingerprint density at radius 2 is 2.03 bits per heavy atom. The molecule has 2 heterocycles. The number of pyridine rings is 1. The Morgan fingerprint density at radius 3 is 2.65 bits per heavy atom. The normalized spacial score (nSPS) is 23.5. The smallest absolute Gasteiger partial charge is 0.266 e. The van der Waals surface area contributed by atoms with Gasteiger partial charge in [0.25, 0.3) is 10.0 Å². The molecule has 2 aliphatic rings. The van der Waals surface area contributed by atoms with Crippen LogP contribution in [0.1, 0.15) is 24.8 Å². The lowest BCUT2D eigenvalue weighted by atomic mass is 9.63. The third-order valence-corrected chi connectivity index (χ3v) is 8.40. The quantitative estimate of drug-likeness (QED) is 0.668. The van der Waals surface area contributed by atoms with Crippen molar-refractivity contribution in [1.29, 1.82) is 0 Å². The van der Waals surface area contributed by atoms with Gasteiger partial charge in [-0.2, -0.15) is 4.39 Å². The molecule has 0 unspecified atom stereocenters. The highest BCUT2D eigenvalue weighted by atomic mass is 35.5. The molecule has 31 heavy (non-hydrogen) atoms. The van der Waals surface area contributed by atoms with Gasteiger partial charge in [-0.1, -0.05) is 17.7 Å². The highest BCUT2D eigenvalue weighted by molar-refractivity contribution is 7.92. The van der Waals surface area contributed by atoms with Gasteiger partial charge in [0, 0.05) is 24.5 Å². The predicted octanol–water partition coefficient (Wildman–Crippen LogP) is 4.04. The van der Waals surface area contributed by atoms with Crippen LogP contribution < -0.4 is 9.62 Å². The molecule has 2 atom stereocenters. The van der Waals surface area contributed by atoms with Crippen LogP contribution in [0, 0.1) is 24.1 Å². The zero-order valence-corrected chi connectivity index (χ0v) is 19.2. The van der Waals surface area contributed by atoms with Crippen LogP contribution in [-0.4, -0.2) is 51.5 Å².